The molecule has 5 nitrogen and oxygen atoms in total. The van der Waals surface area contributed by atoms with Gasteiger partial charge in [0.05, 0.1) is 7.11 Å². The topological polar surface area (TPSA) is 63.4 Å². The lowest BCUT2D eigenvalue weighted by molar-refractivity contribution is -0.133. The van der Waals surface area contributed by atoms with E-state index in [1.807, 2.05) is 24.3 Å². The monoisotopic (exact) mass is 510 g/mol. The standard InChI is InChI=1S/C33H38N2O3/c1-33(2,3)25-12-10-24(11-13-25)32-29-18-26(34-20-22-8-9-22)14-15-30(29)35-31(32)19-28(38-21-36)17-23-6-5-7-27(16-23)37-4/h5-7,10-16,18,21-22,28,34-35H,8-9,17,19-20H2,1-4H3. The van der Waals surface area contributed by atoms with Gasteiger partial charge < -0.3 is 19.8 Å². The van der Waals surface area contributed by atoms with Gasteiger partial charge in [-0.05, 0) is 71.2 Å². The summed E-state index contributed by atoms with van der Waals surface area (Å²) < 4.78 is 11.0. The van der Waals surface area contributed by atoms with Gasteiger partial charge in [-0.15, -0.1) is 0 Å². The number of aromatic amines is 1. The normalized spacial score (nSPS) is 14.3. The van der Waals surface area contributed by atoms with E-state index < -0.39 is 0 Å². The van der Waals surface area contributed by atoms with Crippen molar-refractivity contribution in [2.45, 2.75) is 58.0 Å². The first kappa shape index (κ1) is 25.9. The van der Waals surface area contributed by atoms with Crippen LogP contribution >= 0.6 is 0 Å². The molecule has 1 aromatic heterocycles. The molecule has 1 saturated carbocycles. The second-order valence-corrected chi connectivity index (χ2v) is 11.5. The number of benzene rings is 3. The first-order chi connectivity index (χ1) is 18.3. The number of hydrogen-bond donors (Lipinski definition) is 2. The number of anilines is 1. The van der Waals surface area contributed by atoms with E-state index in [0.717, 1.165) is 46.2 Å². The third-order valence-electron chi connectivity index (χ3n) is 7.48. The van der Waals surface area contributed by atoms with Crippen LogP contribution in [0.1, 0.15) is 50.4 Å². The number of rotatable bonds is 11. The summed E-state index contributed by atoms with van der Waals surface area (Å²) in [6.07, 6.45) is 3.50. The molecule has 4 aromatic rings. The van der Waals surface area contributed by atoms with Crippen molar-refractivity contribution < 1.29 is 14.3 Å². The molecular weight excluding hydrogens is 472 g/mol. The molecule has 3 aromatic carbocycles. The van der Waals surface area contributed by atoms with Crippen LogP contribution in [0.2, 0.25) is 0 Å². The highest BCUT2D eigenvalue weighted by Crippen LogP contribution is 2.37. The largest absolute Gasteiger partial charge is 0.497 e. The fourth-order valence-corrected chi connectivity index (χ4v) is 5.10. The number of H-pyrrole nitrogens is 1. The quantitative estimate of drug-likeness (QED) is 0.208. The van der Waals surface area contributed by atoms with E-state index in [0.29, 0.717) is 19.3 Å². The third-order valence-corrected chi connectivity index (χ3v) is 7.48. The Morgan fingerprint density at radius 2 is 1.82 bits per heavy atom. The molecule has 38 heavy (non-hydrogen) atoms. The highest BCUT2D eigenvalue weighted by Gasteiger charge is 2.22. The van der Waals surface area contributed by atoms with Crippen LogP contribution < -0.4 is 10.1 Å². The first-order valence-electron chi connectivity index (χ1n) is 13.6. The molecule has 0 radical (unpaired) electrons. The van der Waals surface area contributed by atoms with E-state index in [1.54, 1.807) is 7.11 Å². The number of carbonyl (C=O) groups is 1. The second-order valence-electron chi connectivity index (χ2n) is 11.5. The van der Waals surface area contributed by atoms with Crippen molar-refractivity contribution in [2.75, 3.05) is 19.0 Å². The molecule has 198 valence electrons. The first-order valence-corrected chi connectivity index (χ1v) is 13.6. The van der Waals surface area contributed by atoms with Gasteiger partial charge in [-0.3, -0.25) is 4.79 Å². The lowest BCUT2D eigenvalue weighted by atomic mass is 9.86. The van der Waals surface area contributed by atoms with E-state index >= 15 is 0 Å². The summed E-state index contributed by atoms with van der Waals surface area (Å²) >= 11 is 0. The Hall–Kier alpha value is -3.73. The molecule has 1 aliphatic carbocycles. The summed E-state index contributed by atoms with van der Waals surface area (Å²) in [5.41, 5.74) is 8.06. The van der Waals surface area contributed by atoms with Gasteiger partial charge in [-0.2, -0.15) is 0 Å². The van der Waals surface area contributed by atoms with Crippen LogP contribution in [0, 0.1) is 5.92 Å². The smallest absolute Gasteiger partial charge is 0.293 e. The molecule has 1 aliphatic rings. The van der Waals surface area contributed by atoms with E-state index in [4.69, 9.17) is 9.47 Å². The number of hydrogen-bond acceptors (Lipinski definition) is 4. The average molecular weight is 511 g/mol. The van der Waals surface area contributed by atoms with Crippen molar-refractivity contribution in [3.8, 4) is 16.9 Å². The molecule has 2 N–H and O–H groups in total. The average Bonchev–Trinajstić information content (AvgIpc) is 3.67. The zero-order valence-electron chi connectivity index (χ0n) is 22.8. The minimum Gasteiger partial charge on any atom is -0.497 e. The SMILES string of the molecule is COc1cccc(CC(Cc2[nH]c3ccc(NCC4CC4)cc3c2-c2ccc(C(C)(C)C)cc2)OC=O)c1. The number of aromatic nitrogens is 1. The number of ether oxygens (including phenoxy) is 2. The van der Waals surface area contributed by atoms with Crippen LogP contribution in [0.15, 0.2) is 66.7 Å². The molecule has 0 spiro atoms. The highest BCUT2D eigenvalue weighted by atomic mass is 16.5. The molecule has 1 heterocycles. The van der Waals surface area contributed by atoms with Crippen LogP contribution in [0.3, 0.4) is 0 Å². The maximum Gasteiger partial charge on any atom is 0.293 e. The molecule has 5 heteroatoms. The van der Waals surface area contributed by atoms with Crippen molar-refractivity contribution in [2.24, 2.45) is 5.92 Å². The van der Waals surface area contributed by atoms with Crippen molar-refractivity contribution in [3.05, 3.63) is 83.6 Å². The Balaban J connectivity index is 1.52. The van der Waals surface area contributed by atoms with Crippen LogP contribution in [-0.4, -0.2) is 31.2 Å². The zero-order chi connectivity index (χ0) is 26.7. The summed E-state index contributed by atoms with van der Waals surface area (Å²) in [5.74, 6) is 1.60. The van der Waals surface area contributed by atoms with Gasteiger partial charge in [0.1, 0.15) is 11.9 Å². The minimum absolute atomic E-state index is 0.0844. The predicted molar refractivity (Wildman–Crippen MR) is 155 cm³/mol. The predicted octanol–water partition coefficient (Wildman–Crippen LogP) is 7.29. The summed E-state index contributed by atoms with van der Waals surface area (Å²) in [7, 11) is 1.66. The Morgan fingerprint density at radius 3 is 2.50 bits per heavy atom. The molecular formula is C33H38N2O3. The van der Waals surface area contributed by atoms with Gasteiger partial charge >= 0.3 is 0 Å². The number of nitrogens with one attached hydrogen (secondary N) is 2. The maximum atomic E-state index is 11.5. The lowest BCUT2D eigenvalue weighted by Gasteiger charge is -2.20. The van der Waals surface area contributed by atoms with Gasteiger partial charge in [0.25, 0.3) is 6.47 Å². The molecule has 0 bridgehead atoms. The van der Waals surface area contributed by atoms with Crippen molar-refractivity contribution in [1.29, 1.82) is 0 Å². The molecule has 0 aliphatic heterocycles. The zero-order valence-corrected chi connectivity index (χ0v) is 22.8. The van der Waals surface area contributed by atoms with Gasteiger partial charge in [-0.1, -0.05) is 57.2 Å². The number of methoxy groups -OCH3 is 1. The van der Waals surface area contributed by atoms with Crippen LogP contribution in [0.4, 0.5) is 5.69 Å². The minimum atomic E-state index is -0.312. The van der Waals surface area contributed by atoms with Crippen molar-refractivity contribution >= 4 is 23.1 Å². The lowest BCUT2D eigenvalue weighted by Crippen LogP contribution is -2.19. The summed E-state index contributed by atoms with van der Waals surface area (Å²) in [5, 5.41) is 4.80. The fraction of sp³-hybridized carbons (Fsp3) is 0.364. The fourth-order valence-electron chi connectivity index (χ4n) is 5.10. The molecule has 1 fully saturated rings. The number of fused-ring (bicyclic) bond motifs is 1. The molecule has 0 amide bonds. The van der Waals surface area contributed by atoms with Gasteiger partial charge in [0.15, 0.2) is 0 Å². The van der Waals surface area contributed by atoms with Crippen LogP contribution in [-0.2, 0) is 27.8 Å². The molecule has 1 atom stereocenters. The van der Waals surface area contributed by atoms with Crippen molar-refractivity contribution in [1.82, 2.24) is 4.98 Å². The van der Waals surface area contributed by atoms with E-state index in [1.165, 1.54) is 29.4 Å². The Labute approximate surface area is 225 Å². The Bertz CT molecular complexity index is 1390. The molecule has 1 unspecified atom stereocenters. The Kier molecular flexibility index (Phi) is 7.46. The molecule has 0 saturated heterocycles. The highest BCUT2D eigenvalue weighted by molar-refractivity contribution is 5.99. The number of carbonyl (C=O) groups excluding carboxylic acids is 1. The van der Waals surface area contributed by atoms with Gasteiger partial charge in [-0.25, -0.2) is 0 Å². The summed E-state index contributed by atoms with van der Waals surface area (Å²) in [4.78, 5) is 15.1. The Morgan fingerprint density at radius 1 is 1.03 bits per heavy atom. The second kappa shape index (κ2) is 10.9. The molecule has 5 rings (SSSR count). The van der Waals surface area contributed by atoms with E-state index in [9.17, 15) is 4.79 Å². The van der Waals surface area contributed by atoms with Crippen LogP contribution in [0.25, 0.3) is 22.0 Å². The maximum absolute atomic E-state index is 11.5. The van der Waals surface area contributed by atoms with E-state index in [-0.39, 0.29) is 11.5 Å². The third kappa shape index (κ3) is 6.04. The van der Waals surface area contributed by atoms with Crippen LogP contribution in [0.5, 0.6) is 5.75 Å². The van der Waals surface area contributed by atoms with Gasteiger partial charge in [0, 0.05) is 47.2 Å². The van der Waals surface area contributed by atoms with Gasteiger partial charge in [0.2, 0.25) is 0 Å². The van der Waals surface area contributed by atoms with Crippen molar-refractivity contribution in [3.63, 3.8) is 0 Å². The summed E-state index contributed by atoms with van der Waals surface area (Å²) in [6.45, 7) is 8.28. The van der Waals surface area contributed by atoms with E-state index in [2.05, 4.69) is 73.5 Å². The summed E-state index contributed by atoms with van der Waals surface area (Å²) in [6, 6.07) is 23.4.